The molecular weight excluding hydrogens is 471 g/mol. The molecule has 2 amide bonds. The second-order valence-electron chi connectivity index (χ2n) is 7.04. The Morgan fingerprint density at radius 1 is 1.21 bits per heavy atom. The number of urea groups is 1. The van der Waals surface area contributed by atoms with Crippen LogP contribution in [0.2, 0.25) is 0 Å². The molecular formula is C22H20F3N5O3S. The van der Waals surface area contributed by atoms with Crippen LogP contribution in [0.1, 0.15) is 10.7 Å². The van der Waals surface area contributed by atoms with Crippen molar-refractivity contribution in [3.05, 3.63) is 59.5 Å². The van der Waals surface area contributed by atoms with Gasteiger partial charge in [-0.15, -0.1) is 11.3 Å². The van der Waals surface area contributed by atoms with Gasteiger partial charge in [0.15, 0.2) is 0 Å². The normalized spacial score (nSPS) is 11.0. The summed E-state index contributed by atoms with van der Waals surface area (Å²) in [6, 6.07) is 9.89. The zero-order valence-electron chi connectivity index (χ0n) is 18.1. The van der Waals surface area contributed by atoms with Crippen LogP contribution in [0.4, 0.5) is 23.7 Å². The van der Waals surface area contributed by atoms with Gasteiger partial charge >= 0.3 is 12.2 Å². The molecule has 0 unspecified atom stereocenters. The van der Waals surface area contributed by atoms with Crippen molar-refractivity contribution in [3.8, 4) is 21.7 Å². The fourth-order valence-corrected chi connectivity index (χ4v) is 4.16. The van der Waals surface area contributed by atoms with E-state index >= 15 is 0 Å². The Morgan fingerprint density at radius 2 is 1.94 bits per heavy atom. The molecule has 3 aromatic heterocycles. The van der Waals surface area contributed by atoms with Crippen molar-refractivity contribution in [1.82, 2.24) is 19.7 Å². The standard InChI is InChI=1S/C21H18F3N5OS.CH2O2/c1-12-19(31-13(2)27-12)15-6-7-29-17(10-25-18(29)9-15)14-4-3-5-16(8-14)28-20(30)26-11-21(22,23)24;2-1-3/h3-10H,11H2,1-2H3,(H2,26,28,30);1H,(H,2,3). The Hall–Kier alpha value is -3.93. The molecule has 3 N–H and O–H groups in total. The molecule has 4 rings (SSSR count). The fourth-order valence-electron chi connectivity index (χ4n) is 3.25. The van der Waals surface area contributed by atoms with Gasteiger partial charge in [0, 0.05) is 17.4 Å². The van der Waals surface area contributed by atoms with Gasteiger partial charge in [-0.05, 0) is 43.7 Å². The van der Waals surface area contributed by atoms with Gasteiger partial charge in [0.2, 0.25) is 0 Å². The monoisotopic (exact) mass is 491 g/mol. The van der Waals surface area contributed by atoms with Crippen LogP contribution in [0.5, 0.6) is 0 Å². The third-order valence-electron chi connectivity index (χ3n) is 4.54. The highest BCUT2D eigenvalue weighted by atomic mass is 32.1. The highest BCUT2D eigenvalue weighted by Gasteiger charge is 2.27. The Labute approximate surface area is 196 Å². The van der Waals surface area contributed by atoms with E-state index in [4.69, 9.17) is 9.90 Å². The molecule has 12 heteroatoms. The first kappa shape index (κ1) is 24.7. The number of aryl methyl sites for hydroxylation is 2. The van der Waals surface area contributed by atoms with Gasteiger partial charge in [0.1, 0.15) is 12.2 Å². The van der Waals surface area contributed by atoms with Crippen LogP contribution in [0, 0.1) is 13.8 Å². The lowest BCUT2D eigenvalue weighted by molar-refractivity contribution is -0.123. The molecule has 1 aromatic carbocycles. The summed E-state index contributed by atoms with van der Waals surface area (Å²) < 4.78 is 38.7. The number of pyridine rings is 1. The lowest BCUT2D eigenvalue weighted by Crippen LogP contribution is -2.36. The molecule has 34 heavy (non-hydrogen) atoms. The van der Waals surface area contributed by atoms with Gasteiger partial charge in [-0.1, -0.05) is 12.1 Å². The van der Waals surface area contributed by atoms with Gasteiger partial charge in [-0.25, -0.2) is 14.8 Å². The molecule has 4 aromatic rings. The van der Waals surface area contributed by atoms with Crippen molar-refractivity contribution in [1.29, 1.82) is 0 Å². The van der Waals surface area contributed by atoms with Crippen molar-refractivity contribution in [2.75, 3.05) is 11.9 Å². The molecule has 0 saturated carbocycles. The molecule has 0 aliphatic rings. The summed E-state index contributed by atoms with van der Waals surface area (Å²) in [5.74, 6) is 0. The van der Waals surface area contributed by atoms with Crippen molar-refractivity contribution in [3.63, 3.8) is 0 Å². The zero-order chi connectivity index (χ0) is 24.9. The summed E-state index contributed by atoms with van der Waals surface area (Å²) in [5.41, 5.74) is 4.68. The molecule has 3 heterocycles. The highest BCUT2D eigenvalue weighted by Crippen LogP contribution is 2.31. The Balaban J connectivity index is 0.00000103. The van der Waals surface area contributed by atoms with Crippen LogP contribution in [0.15, 0.2) is 48.8 Å². The minimum absolute atomic E-state index is 0.250. The fraction of sp³-hybridized carbons (Fsp3) is 0.182. The van der Waals surface area contributed by atoms with Gasteiger partial charge in [-0.3, -0.25) is 9.20 Å². The van der Waals surface area contributed by atoms with Crippen LogP contribution in [0.3, 0.4) is 0 Å². The average Bonchev–Trinajstić information content (AvgIpc) is 3.34. The van der Waals surface area contributed by atoms with Crippen molar-refractivity contribution in [2.24, 2.45) is 0 Å². The maximum atomic E-state index is 12.3. The number of carboxylic acid groups (broad SMARTS) is 1. The summed E-state index contributed by atoms with van der Waals surface area (Å²) in [6.45, 7) is 2.30. The number of carbonyl (C=O) groups excluding carboxylic acids is 1. The molecule has 0 bridgehead atoms. The third kappa shape index (κ3) is 6.10. The van der Waals surface area contributed by atoms with Crippen LogP contribution in [0.25, 0.3) is 27.3 Å². The summed E-state index contributed by atoms with van der Waals surface area (Å²) in [6.07, 6.45) is -0.838. The minimum Gasteiger partial charge on any atom is -0.483 e. The quantitative estimate of drug-likeness (QED) is 0.343. The van der Waals surface area contributed by atoms with E-state index in [1.165, 1.54) is 0 Å². The van der Waals surface area contributed by atoms with Gasteiger partial charge in [0.25, 0.3) is 6.47 Å². The number of thiazole rings is 1. The van der Waals surface area contributed by atoms with E-state index in [9.17, 15) is 18.0 Å². The number of hydrogen-bond acceptors (Lipinski definition) is 5. The maximum absolute atomic E-state index is 12.3. The van der Waals surface area contributed by atoms with Crippen LogP contribution in [-0.2, 0) is 4.79 Å². The van der Waals surface area contributed by atoms with E-state index in [1.54, 1.807) is 41.0 Å². The first-order chi connectivity index (χ1) is 16.1. The second kappa shape index (κ2) is 10.3. The number of carbonyl (C=O) groups is 2. The van der Waals surface area contributed by atoms with E-state index in [2.05, 4.69) is 15.3 Å². The van der Waals surface area contributed by atoms with E-state index in [1.807, 2.05) is 42.6 Å². The summed E-state index contributed by atoms with van der Waals surface area (Å²) >= 11 is 1.63. The lowest BCUT2D eigenvalue weighted by atomic mass is 10.1. The topological polar surface area (TPSA) is 109 Å². The van der Waals surface area contributed by atoms with E-state index < -0.39 is 18.8 Å². The van der Waals surface area contributed by atoms with Crippen molar-refractivity contribution >= 4 is 35.2 Å². The number of fused-ring (bicyclic) bond motifs is 1. The summed E-state index contributed by atoms with van der Waals surface area (Å²) in [4.78, 5) is 30.1. The van der Waals surface area contributed by atoms with Gasteiger partial charge in [0.05, 0.1) is 27.5 Å². The molecule has 8 nitrogen and oxygen atoms in total. The van der Waals surface area contributed by atoms with Crippen molar-refractivity contribution < 1.29 is 27.9 Å². The summed E-state index contributed by atoms with van der Waals surface area (Å²) in [7, 11) is 0. The molecule has 0 spiro atoms. The number of halogens is 3. The Kier molecular flexibility index (Phi) is 7.51. The number of imidazole rings is 1. The van der Waals surface area contributed by atoms with Gasteiger partial charge in [-0.2, -0.15) is 13.2 Å². The highest BCUT2D eigenvalue weighted by molar-refractivity contribution is 7.15. The largest absolute Gasteiger partial charge is 0.483 e. The predicted octanol–water partition coefficient (Wildman–Crippen LogP) is 5.13. The van der Waals surface area contributed by atoms with Crippen LogP contribution >= 0.6 is 11.3 Å². The van der Waals surface area contributed by atoms with E-state index in [0.717, 1.165) is 38.0 Å². The SMILES string of the molecule is Cc1nc(C)c(-c2ccn3c(-c4cccc(NC(=O)NCC(F)(F)F)c4)cnc3c2)s1.O=CO. The molecule has 0 aliphatic carbocycles. The predicted molar refractivity (Wildman–Crippen MR) is 123 cm³/mol. The number of nitrogens with zero attached hydrogens (tertiary/aromatic N) is 3. The number of nitrogens with one attached hydrogen (secondary N) is 2. The molecule has 0 atom stereocenters. The molecule has 178 valence electrons. The first-order valence-corrected chi connectivity index (χ1v) is 10.6. The lowest BCUT2D eigenvalue weighted by Gasteiger charge is -2.11. The number of hydrogen-bond donors (Lipinski definition) is 3. The van der Waals surface area contributed by atoms with Crippen molar-refractivity contribution in [2.45, 2.75) is 20.0 Å². The average molecular weight is 491 g/mol. The molecule has 0 fully saturated rings. The second-order valence-corrected chi connectivity index (χ2v) is 8.25. The van der Waals surface area contributed by atoms with E-state index in [-0.39, 0.29) is 6.47 Å². The van der Waals surface area contributed by atoms with E-state index in [0.29, 0.717) is 5.69 Å². The first-order valence-electron chi connectivity index (χ1n) is 9.82. The van der Waals surface area contributed by atoms with Crippen LogP contribution < -0.4 is 10.6 Å². The van der Waals surface area contributed by atoms with Gasteiger partial charge < -0.3 is 15.7 Å². The maximum Gasteiger partial charge on any atom is 0.405 e. The number of amides is 2. The number of benzene rings is 1. The van der Waals surface area contributed by atoms with Crippen LogP contribution in [-0.4, -0.2) is 44.7 Å². The minimum atomic E-state index is -4.47. The molecule has 0 saturated heterocycles. The number of aromatic nitrogens is 3. The Bertz CT molecular complexity index is 1320. The zero-order valence-corrected chi connectivity index (χ0v) is 18.9. The summed E-state index contributed by atoms with van der Waals surface area (Å²) in [5, 5.41) is 12.1. The molecule has 0 radical (unpaired) electrons. The Morgan fingerprint density at radius 3 is 2.59 bits per heavy atom. The number of rotatable bonds is 4. The molecule has 0 aliphatic heterocycles. The number of alkyl halides is 3. The number of anilines is 1. The smallest absolute Gasteiger partial charge is 0.405 e. The third-order valence-corrected chi connectivity index (χ3v) is 5.67.